The van der Waals surface area contributed by atoms with Crippen molar-refractivity contribution in [1.29, 1.82) is 0 Å². The van der Waals surface area contributed by atoms with Gasteiger partial charge in [0.15, 0.2) is 23.3 Å². The fraction of sp³-hybridized carbons (Fsp3) is 0.158. The molecule has 2 aromatic rings. The van der Waals surface area contributed by atoms with Crippen LogP contribution in [0.5, 0.6) is 5.88 Å². The molecule has 1 aromatic heterocycles. The van der Waals surface area contributed by atoms with Crippen LogP contribution in [0.15, 0.2) is 42.0 Å². The number of aromatic nitrogens is 2. The van der Waals surface area contributed by atoms with E-state index in [9.17, 15) is 27.5 Å². The quantitative estimate of drug-likeness (QED) is 0.185. The minimum atomic E-state index is -1.76. The van der Waals surface area contributed by atoms with Crippen LogP contribution in [0.3, 0.4) is 0 Å². The molecule has 1 radical (unpaired) electrons. The third-order valence-electron chi connectivity index (χ3n) is 3.92. The normalized spacial score (nSPS) is 11.5. The zero-order valence-corrected chi connectivity index (χ0v) is 16.4. The van der Waals surface area contributed by atoms with E-state index >= 15 is 0 Å². The SMILES string of the molecule is C=C/C(C)=C(\C(=C)C)C(=O)c1c(C)nn(-c2c(F)c(F)cc(F)c2F)c1O.[Mn]. The molecule has 0 fully saturated rings. The van der Waals surface area contributed by atoms with E-state index in [2.05, 4.69) is 18.3 Å². The van der Waals surface area contributed by atoms with E-state index in [1.165, 1.54) is 13.0 Å². The van der Waals surface area contributed by atoms with Gasteiger partial charge in [0, 0.05) is 28.7 Å². The van der Waals surface area contributed by atoms with Gasteiger partial charge in [-0.05, 0) is 31.9 Å². The van der Waals surface area contributed by atoms with Crippen LogP contribution in [0.1, 0.15) is 29.9 Å². The Hall–Kier alpha value is -2.64. The van der Waals surface area contributed by atoms with Crippen molar-refractivity contribution in [2.45, 2.75) is 20.8 Å². The van der Waals surface area contributed by atoms with Crippen molar-refractivity contribution in [3.8, 4) is 11.6 Å². The number of carbonyl (C=O) groups excluding carboxylic acids is 1. The summed E-state index contributed by atoms with van der Waals surface area (Å²) in [6, 6.07) is 0.0307. The average Bonchev–Trinajstić information content (AvgIpc) is 2.87. The maximum absolute atomic E-state index is 14.0. The smallest absolute Gasteiger partial charge is 0.226 e. The Balaban J connectivity index is 0.00000392. The van der Waals surface area contributed by atoms with Crippen molar-refractivity contribution < 1.29 is 44.5 Å². The van der Waals surface area contributed by atoms with Crippen LogP contribution in [-0.2, 0) is 17.1 Å². The molecule has 0 saturated carbocycles. The molecule has 9 heteroatoms. The Morgan fingerprint density at radius 1 is 1.18 bits per heavy atom. The minimum absolute atomic E-state index is 0. The number of nitrogens with zero attached hydrogens (tertiary/aromatic N) is 2. The number of aryl methyl sites for hydroxylation is 1. The second kappa shape index (κ2) is 8.58. The standard InChI is InChI=1S/C19H16F4N2O2.Mn/c1-6-9(4)13(8(2)3)18(26)14-10(5)24-25(19(14)27)17-15(22)11(20)7-12(21)16(17)23;/h6-7,27H,1-2H2,3-5H3;/b13-9+;. The molecule has 0 bridgehead atoms. The van der Waals surface area contributed by atoms with Gasteiger partial charge in [0.1, 0.15) is 11.3 Å². The summed E-state index contributed by atoms with van der Waals surface area (Å²) < 4.78 is 55.3. The van der Waals surface area contributed by atoms with Gasteiger partial charge in [0.25, 0.3) is 0 Å². The molecule has 0 unspecified atom stereocenters. The first kappa shape index (κ1) is 23.4. The zero-order chi connectivity index (χ0) is 20.6. The molecule has 0 amide bonds. The molecular weight excluding hydrogens is 419 g/mol. The largest absolute Gasteiger partial charge is 0.493 e. The number of aromatic hydroxyl groups is 1. The van der Waals surface area contributed by atoms with Gasteiger partial charge in [-0.25, -0.2) is 17.6 Å². The molecule has 0 aliphatic heterocycles. The maximum atomic E-state index is 14.0. The number of halogens is 4. The van der Waals surface area contributed by atoms with Gasteiger partial charge in [-0.3, -0.25) is 4.79 Å². The van der Waals surface area contributed by atoms with Crippen molar-refractivity contribution in [3.05, 3.63) is 76.5 Å². The summed E-state index contributed by atoms with van der Waals surface area (Å²) in [5.41, 5.74) is -0.816. The average molecular weight is 435 g/mol. The Labute approximate surface area is 169 Å². The number of hydrogen-bond donors (Lipinski definition) is 1. The summed E-state index contributed by atoms with van der Waals surface area (Å²) in [7, 11) is 0. The van der Waals surface area contributed by atoms with Gasteiger partial charge in [0.2, 0.25) is 11.7 Å². The fourth-order valence-corrected chi connectivity index (χ4v) is 2.62. The first-order chi connectivity index (χ1) is 12.5. The zero-order valence-electron chi connectivity index (χ0n) is 15.2. The van der Waals surface area contributed by atoms with E-state index in [1.807, 2.05) is 0 Å². The first-order valence-corrected chi connectivity index (χ1v) is 7.68. The third-order valence-corrected chi connectivity index (χ3v) is 3.92. The van der Waals surface area contributed by atoms with E-state index in [0.29, 0.717) is 11.1 Å². The first-order valence-electron chi connectivity index (χ1n) is 7.68. The summed E-state index contributed by atoms with van der Waals surface area (Å²) >= 11 is 0. The van der Waals surface area contributed by atoms with Crippen LogP contribution in [-0.4, -0.2) is 20.7 Å². The second-order valence-electron chi connectivity index (χ2n) is 5.88. The summed E-state index contributed by atoms with van der Waals surface area (Å²) in [6.45, 7) is 11.7. The number of ketones is 1. The van der Waals surface area contributed by atoms with Crippen molar-refractivity contribution in [2.75, 3.05) is 0 Å². The van der Waals surface area contributed by atoms with Gasteiger partial charge in [-0.15, -0.1) is 0 Å². The van der Waals surface area contributed by atoms with Gasteiger partial charge in [-0.2, -0.15) is 9.78 Å². The topological polar surface area (TPSA) is 55.1 Å². The van der Waals surface area contributed by atoms with Gasteiger partial charge in [0.05, 0.1) is 5.69 Å². The van der Waals surface area contributed by atoms with Gasteiger partial charge >= 0.3 is 0 Å². The minimum Gasteiger partial charge on any atom is -0.493 e. The van der Waals surface area contributed by atoms with E-state index < -0.39 is 40.6 Å². The summed E-state index contributed by atoms with van der Waals surface area (Å²) in [5, 5.41) is 14.1. The Morgan fingerprint density at radius 3 is 2.11 bits per heavy atom. The number of hydrogen-bond acceptors (Lipinski definition) is 3. The van der Waals surface area contributed by atoms with Gasteiger partial charge in [-0.1, -0.05) is 19.2 Å². The fourth-order valence-electron chi connectivity index (χ4n) is 2.62. The van der Waals surface area contributed by atoms with Crippen molar-refractivity contribution in [1.82, 2.24) is 9.78 Å². The predicted octanol–water partition coefficient (Wildman–Crippen LogP) is 4.70. The molecule has 0 aliphatic rings. The van der Waals surface area contributed by atoms with Crippen molar-refractivity contribution in [2.24, 2.45) is 0 Å². The molecule has 1 N–H and O–H groups in total. The second-order valence-corrected chi connectivity index (χ2v) is 5.88. The number of Topliss-reactive ketones (excluding diaryl/α,β-unsaturated/α-hetero) is 1. The molecule has 28 heavy (non-hydrogen) atoms. The van der Waals surface area contributed by atoms with E-state index in [4.69, 9.17) is 0 Å². The molecule has 1 heterocycles. The molecule has 4 nitrogen and oxygen atoms in total. The summed E-state index contributed by atoms with van der Waals surface area (Å²) in [5.74, 6) is -8.55. The molecule has 2 rings (SSSR count). The summed E-state index contributed by atoms with van der Waals surface area (Å²) in [6.07, 6.45) is 1.40. The third kappa shape index (κ3) is 3.81. The summed E-state index contributed by atoms with van der Waals surface area (Å²) in [4.78, 5) is 12.9. The molecule has 0 aliphatic carbocycles. The molecule has 0 saturated heterocycles. The molecule has 149 valence electrons. The van der Waals surface area contributed by atoms with Crippen LogP contribution < -0.4 is 0 Å². The number of benzene rings is 1. The van der Waals surface area contributed by atoms with Crippen LogP contribution in [0.2, 0.25) is 0 Å². The van der Waals surface area contributed by atoms with Crippen LogP contribution in [0.25, 0.3) is 5.69 Å². The Morgan fingerprint density at radius 2 is 1.68 bits per heavy atom. The van der Waals surface area contributed by atoms with Gasteiger partial charge < -0.3 is 5.11 Å². The van der Waals surface area contributed by atoms with Crippen LogP contribution in [0, 0.1) is 30.2 Å². The molecule has 1 aromatic carbocycles. The Kier molecular flexibility index (Phi) is 7.17. The number of allylic oxidation sites excluding steroid dienone is 4. The Bertz CT molecular complexity index is 999. The maximum Gasteiger partial charge on any atom is 0.226 e. The van der Waals surface area contributed by atoms with Crippen molar-refractivity contribution in [3.63, 3.8) is 0 Å². The van der Waals surface area contributed by atoms with E-state index in [0.717, 1.165) is 0 Å². The number of rotatable bonds is 5. The molecule has 0 spiro atoms. The van der Waals surface area contributed by atoms with E-state index in [1.54, 1.807) is 13.8 Å². The predicted molar refractivity (Wildman–Crippen MR) is 91.8 cm³/mol. The van der Waals surface area contributed by atoms with E-state index in [-0.39, 0.29) is 44.6 Å². The molecular formula is C19H16F4MnN2O2. The number of carbonyl (C=O) groups is 1. The van der Waals surface area contributed by atoms with Crippen LogP contribution >= 0.6 is 0 Å². The van der Waals surface area contributed by atoms with Crippen molar-refractivity contribution >= 4 is 5.78 Å². The molecule has 0 atom stereocenters. The monoisotopic (exact) mass is 435 g/mol. The van der Waals surface area contributed by atoms with Crippen LogP contribution in [0.4, 0.5) is 17.6 Å².